The van der Waals surface area contributed by atoms with Crippen molar-refractivity contribution in [2.45, 2.75) is 6.92 Å². The highest BCUT2D eigenvalue weighted by atomic mass is 16.4. The van der Waals surface area contributed by atoms with Gasteiger partial charge in [-0.3, -0.25) is 0 Å². The molecule has 0 unspecified atom stereocenters. The lowest BCUT2D eigenvalue weighted by molar-refractivity contribution is 0.0697. The molecule has 0 atom stereocenters. The lowest BCUT2D eigenvalue weighted by atomic mass is 10.0. The molecule has 0 aliphatic carbocycles. The van der Waals surface area contributed by atoms with Gasteiger partial charge in [-0.1, -0.05) is 59.9 Å². The minimum atomic E-state index is -0.933. The third-order valence-corrected chi connectivity index (χ3v) is 3.95. The molecule has 0 aliphatic rings. The molecular formula is C24H18O2. The maximum atomic E-state index is 10.8. The largest absolute Gasteiger partial charge is 0.478 e. The van der Waals surface area contributed by atoms with Gasteiger partial charge in [0.05, 0.1) is 5.56 Å². The number of aromatic carboxylic acids is 1. The van der Waals surface area contributed by atoms with E-state index in [2.05, 4.69) is 55.2 Å². The van der Waals surface area contributed by atoms with E-state index in [1.54, 1.807) is 30.3 Å². The Morgan fingerprint density at radius 2 is 1.62 bits per heavy atom. The number of aryl methyl sites for hydroxylation is 1. The Morgan fingerprint density at radius 3 is 2.31 bits per heavy atom. The molecule has 0 saturated heterocycles. The van der Waals surface area contributed by atoms with Gasteiger partial charge in [-0.15, -0.1) is 0 Å². The minimum Gasteiger partial charge on any atom is -0.478 e. The monoisotopic (exact) mass is 338 g/mol. The highest BCUT2D eigenvalue weighted by Gasteiger charge is 2.00. The molecule has 3 aromatic carbocycles. The number of allylic oxidation sites excluding steroid dienone is 1. The first kappa shape index (κ1) is 17.3. The van der Waals surface area contributed by atoms with Gasteiger partial charge in [-0.05, 0) is 66.1 Å². The Hall–Kier alpha value is -3.57. The molecule has 3 rings (SSSR count). The number of benzene rings is 3. The summed E-state index contributed by atoms with van der Waals surface area (Å²) in [6.45, 7) is 2.09. The number of rotatable bonds is 3. The topological polar surface area (TPSA) is 37.3 Å². The van der Waals surface area contributed by atoms with Gasteiger partial charge in [0.15, 0.2) is 0 Å². The molecule has 3 aromatic rings. The van der Waals surface area contributed by atoms with Crippen molar-refractivity contribution in [1.82, 2.24) is 0 Å². The summed E-state index contributed by atoms with van der Waals surface area (Å²) in [5.74, 6) is 5.06. The lowest BCUT2D eigenvalue weighted by Crippen LogP contribution is -1.94. The van der Waals surface area contributed by atoms with Gasteiger partial charge in [-0.2, -0.15) is 0 Å². The summed E-state index contributed by atoms with van der Waals surface area (Å²) in [5.41, 5.74) is 5.74. The van der Waals surface area contributed by atoms with Crippen LogP contribution in [-0.2, 0) is 0 Å². The van der Waals surface area contributed by atoms with Crippen molar-refractivity contribution in [1.29, 1.82) is 0 Å². The van der Waals surface area contributed by atoms with Crippen LogP contribution >= 0.6 is 0 Å². The first-order chi connectivity index (χ1) is 12.6. The Balaban J connectivity index is 1.73. The van der Waals surface area contributed by atoms with E-state index in [1.807, 2.05) is 18.2 Å². The molecule has 2 nitrogen and oxygen atoms in total. The Bertz CT molecular complexity index is 1020. The number of hydrogen-bond acceptors (Lipinski definition) is 1. The SMILES string of the molecule is Cc1cccc(-c2cccc(/C=C/C#Cc3ccc(C(=O)O)cc3)c2)c1. The Labute approximate surface area is 153 Å². The van der Waals surface area contributed by atoms with E-state index in [4.69, 9.17) is 5.11 Å². The van der Waals surface area contributed by atoms with E-state index < -0.39 is 5.97 Å². The number of carboxylic acid groups (broad SMARTS) is 1. The van der Waals surface area contributed by atoms with E-state index in [-0.39, 0.29) is 5.56 Å². The molecule has 26 heavy (non-hydrogen) atoms. The molecule has 0 fully saturated rings. The van der Waals surface area contributed by atoms with Crippen molar-refractivity contribution in [2.75, 3.05) is 0 Å². The van der Waals surface area contributed by atoms with E-state index in [0.29, 0.717) is 0 Å². The van der Waals surface area contributed by atoms with Crippen LogP contribution in [0.15, 0.2) is 78.9 Å². The van der Waals surface area contributed by atoms with Crippen molar-refractivity contribution in [2.24, 2.45) is 0 Å². The van der Waals surface area contributed by atoms with Gasteiger partial charge in [0.1, 0.15) is 0 Å². The van der Waals surface area contributed by atoms with Gasteiger partial charge >= 0.3 is 5.97 Å². The van der Waals surface area contributed by atoms with Gasteiger partial charge < -0.3 is 5.11 Å². The summed E-state index contributed by atoms with van der Waals surface area (Å²) in [4.78, 5) is 10.8. The number of carbonyl (C=O) groups is 1. The molecule has 0 amide bonds. The van der Waals surface area contributed by atoms with Gasteiger partial charge in [0.2, 0.25) is 0 Å². The normalized spacial score (nSPS) is 10.3. The molecule has 2 heteroatoms. The molecule has 0 heterocycles. The molecule has 0 bridgehead atoms. The summed E-state index contributed by atoms with van der Waals surface area (Å²) >= 11 is 0. The first-order valence-electron chi connectivity index (χ1n) is 8.30. The quantitative estimate of drug-likeness (QED) is 0.647. The fourth-order valence-electron chi connectivity index (χ4n) is 2.61. The second kappa shape index (κ2) is 8.00. The zero-order valence-electron chi connectivity index (χ0n) is 14.4. The van der Waals surface area contributed by atoms with E-state index in [9.17, 15) is 4.79 Å². The smallest absolute Gasteiger partial charge is 0.335 e. The highest BCUT2D eigenvalue weighted by molar-refractivity contribution is 5.87. The standard InChI is InChI=1S/C24H18O2/c1-18-6-4-10-22(16-18)23-11-5-9-20(17-23)8-3-2-7-19-12-14-21(15-13-19)24(25)26/h3-6,8-17H,1H3,(H,25,26)/b8-3+. The average molecular weight is 338 g/mol. The van der Waals surface area contributed by atoms with Crippen LogP contribution in [0.2, 0.25) is 0 Å². The van der Waals surface area contributed by atoms with Crippen LogP contribution < -0.4 is 0 Å². The fourth-order valence-corrected chi connectivity index (χ4v) is 2.61. The van der Waals surface area contributed by atoms with Crippen LogP contribution in [0.3, 0.4) is 0 Å². The van der Waals surface area contributed by atoms with Gasteiger partial charge in [0, 0.05) is 5.56 Å². The molecule has 126 valence electrons. The molecular weight excluding hydrogens is 320 g/mol. The van der Waals surface area contributed by atoms with Crippen molar-refractivity contribution < 1.29 is 9.90 Å². The van der Waals surface area contributed by atoms with Crippen LogP contribution in [0.25, 0.3) is 17.2 Å². The zero-order valence-corrected chi connectivity index (χ0v) is 14.4. The predicted octanol–water partition coefficient (Wildman–Crippen LogP) is 5.43. The van der Waals surface area contributed by atoms with Crippen LogP contribution in [0.5, 0.6) is 0 Å². The van der Waals surface area contributed by atoms with E-state index >= 15 is 0 Å². The summed E-state index contributed by atoms with van der Waals surface area (Å²) in [5, 5.41) is 8.89. The van der Waals surface area contributed by atoms with Crippen LogP contribution in [0.1, 0.15) is 27.0 Å². The van der Waals surface area contributed by atoms with Crippen LogP contribution in [-0.4, -0.2) is 11.1 Å². The van der Waals surface area contributed by atoms with Crippen LogP contribution in [0.4, 0.5) is 0 Å². The molecule has 0 saturated carbocycles. The molecule has 1 N–H and O–H groups in total. The zero-order chi connectivity index (χ0) is 18.4. The highest BCUT2D eigenvalue weighted by Crippen LogP contribution is 2.21. The second-order valence-corrected chi connectivity index (χ2v) is 5.98. The third-order valence-electron chi connectivity index (χ3n) is 3.95. The molecule has 0 spiro atoms. The van der Waals surface area contributed by atoms with Gasteiger partial charge in [-0.25, -0.2) is 4.79 Å². The van der Waals surface area contributed by atoms with E-state index in [0.717, 1.165) is 11.1 Å². The molecule has 0 radical (unpaired) electrons. The van der Waals surface area contributed by atoms with Crippen molar-refractivity contribution in [3.05, 3.63) is 101 Å². The molecule has 0 aliphatic heterocycles. The predicted molar refractivity (Wildman–Crippen MR) is 106 cm³/mol. The second-order valence-electron chi connectivity index (χ2n) is 5.98. The summed E-state index contributed by atoms with van der Waals surface area (Å²) in [7, 11) is 0. The van der Waals surface area contributed by atoms with Gasteiger partial charge in [0.25, 0.3) is 0 Å². The van der Waals surface area contributed by atoms with Crippen molar-refractivity contribution in [3.8, 4) is 23.0 Å². The van der Waals surface area contributed by atoms with Crippen molar-refractivity contribution >= 4 is 12.0 Å². The molecule has 0 aromatic heterocycles. The summed E-state index contributed by atoms with van der Waals surface area (Å²) in [6.07, 6.45) is 3.78. The fraction of sp³-hybridized carbons (Fsp3) is 0.0417. The van der Waals surface area contributed by atoms with Crippen LogP contribution in [0, 0.1) is 18.8 Å². The Kier molecular flexibility index (Phi) is 5.31. The maximum absolute atomic E-state index is 10.8. The first-order valence-corrected chi connectivity index (χ1v) is 8.30. The minimum absolute atomic E-state index is 0.263. The summed E-state index contributed by atoms with van der Waals surface area (Å²) in [6, 6.07) is 23.3. The number of carboxylic acids is 1. The number of hydrogen-bond donors (Lipinski definition) is 1. The maximum Gasteiger partial charge on any atom is 0.335 e. The Morgan fingerprint density at radius 1 is 0.923 bits per heavy atom. The average Bonchev–Trinajstić information content (AvgIpc) is 2.66. The van der Waals surface area contributed by atoms with Crippen molar-refractivity contribution in [3.63, 3.8) is 0 Å². The lowest BCUT2D eigenvalue weighted by Gasteiger charge is -2.04. The summed E-state index contributed by atoms with van der Waals surface area (Å²) < 4.78 is 0. The van der Waals surface area contributed by atoms with E-state index in [1.165, 1.54) is 16.7 Å². The third kappa shape index (κ3) is 4.49.